The van der Waals surface area contributed by atoms with Crippen molar-refractivity contribution in [2.75, 3.05) is 38.5 Å². The molecule has 1 aliphatic heterocycles. The standard InChI is InChI=1S/C15H21N5O/c1-18-7-9-20(10-8-18)17-15(21)16-13-11-19(2)14-6-4-3-5-12(13)14/h3-6,11H,7-10H2,1-2H3,(H2,16,17,21). The van der Waals surface area contributed by atoms with Crippen molar-refractivity contribution in [3.05, 3.63) is 30.5 Å². The van der Waals surface area contributed by atoms with Crippen molar-refractivity contribution in [3.63, 3.8) is 0 Å². The van der Waals surface area contributed by atoms with Gasteiger partial charge >= 0.3 is 6.03 Å². The van der Waals surface area contributed by atoms with Gasteiger partial charge in [0.25, 0.3) is 0 Å². The molecule has 6 nitrogen and oxygen atoms in total. The number of carbonyl (C=O) groups is 1. The summed E-state index contributed by atoms with van der Waals surface area (Å²) in [4.78, 5) is 14.4. The maximum absolute atomic E-state index is 12.1. The maximum Gasteiger partial charge on any atom is 0.333 e. The first-order valence-corrected chi connectivity index (χ1v) is 7.18. The molecule has 1 aromatic heterocycles. The number of para-hydroxylation sites is 1. The van der Waals surface area contributed by atoms with Gasteiger partial charge in [-0.1, -0.05) is 18.2 Å². The number of nitrogens with one attached hydrogen (secondary N) is 2. The summed E-state index contributed by atoms with van der Waals surface area (Å²) >= 11 is 0. The van der Waals surface area contributed by atoms with Crippen molar-refractivity contribution in [3.8, 4) is 0 Å². The normalized spacial score (nSPS) is 17.0. The molecule has 3 rings (SSSR count). The zero-order valence-electron chi connectivity index (χ0n) is 12.5. The Labute approximate surface area is 124 Å². The molecule has 2 N–H and O–H groups in total. The zero-order chi connectivity index (χ0) is 14.8. The van der Waals surface area contributed by atoms with Gasteiger partial charge in [-0.05, 0) is 13.1 Å². The van der Waals surface area contributed by atoms with E-state index < -0.39 is 0 Å². The molecule has 0 unspecified atom stereocenters. The number of carbonyl (C=O) groups excluding carboxylic acids is 1. The predicted molar refractivity (Wildman–Crippen MR) is 84.1 cm³/mol. The molecule has 0 spiro atoms. The second kappa shape index (κ2) is 5.75. The smallest absolute Gasteiger partial charge is 0.333 e. The van der Waals surface area contributed by atoms with Gasteiger partial charge in [0.2, 0.25) is 0 Å². The minimum atomic E-state index is -0.184. The summed E-state index contributed by atoms with van der Waals surface area (Å²) in [6.07, 6.45) is 1.94. The fraction of sp³-hybridized carbons (Fsp3) is 0.400. The molecule has 21 heavy (non-hydrogen) atoms. The van der Waals surface area contributed by atoms with E-state index in [-0.39, 0.29) is 6.03 Å². The third-order valence-electron chi connectivity index (χ3n) is 3.91. The summed E-state index contributed by atoms with van der Waals surface area (Å²) in [5.74, 6) is 0. The van der Waals surface area contributed by atoms with Gasteiger partial charge in [0.1, 0.15) is 0 Å². The molecule has 0 radical (unpaired) electrons. The quantitative estimate of drug-likeness (QED) is 0.879. The van der Waals surface area contributed by atoms with E-state index in [1.54, 1.807) is 0 Å². The second-order valence-electron chi connectivity index (χ2n) is 5.53. The largest absolute Gasteiger partial charge is 0.348 e. The summed E-state index contributed by atoms with van der Waals surface area (Å²) in [6, 6.07) is 7.85. The summed E-state index contributed by atoms with van der Waals surface area (Å²) < 4.78 is 2.01. The molecule has 112 valence electrons. The topological polar surface area (TPSA) is 52.5 Å². The number of nitrogens with zero attached hydrogens (tertiary/aromatic N) is 3. The molecular weight excluding hydrogens is 266 g/mol. The summed E-state index contributed by atoms with van der Waals surface area (Å²) in [7, 11) is 4.07. The number of hydrogen-bond donors (Lipinski definition) is 2. The van der Waals surface area contributed by atoms with E-state index in [2.05, 4.69) is 22.7 Å². The lowest BCUT2D eigenvalue weighted by Crippen LogP contribution is -2.53. The van der Waals surface area contributed by atoms with Gasteiger partial charge < -0.3 is 14.8 Å². The number of aryl methyl sites for hydroxylation is 1. The maximum atomic E-state index is 12.1. The second-order valence-corrected chi connectivity index (χ2v) is 5.53. The minimum Gasteiger partial charge on any atom is -0.348 e. The van der Waals surface area contributed by atoms with Crippen molar-refractivity contribution < 1.29 is 4.79 Å². The molecule has 1 aromatic carbocycles. The van der Waals surface area contributed by atoms with E-state index in [9.17, 15) is 4.79 Å². The monoisotopic (exact) mass is 287 g/mol. The van der Waals surface area contributed by atoms with E-state index >= 15 is 0 Å². The van der Waals surface area contributed by atoms with Crippen LogP contribution in [0.5, 0.6) is 0 Å². The number of aromatic nitrogens is 1. The SMILES string of the molecule is CN1CCN(NC(=O)Nc2cn(C)c3ccccc23)CC1. The van der Waals surface area contributed by atoms with Gasteiger partial charge in [0.05, 0.1) is 5.69 Å². The van der Waals surface area contributed by atoms with E-state index in [1.165, 1.54) is 0 Å². The highest BCUT2D eigenvalue weighted by Crippen LogP contribution is 2.24. The Balaban J connectivity index is 1.66. The van der Waals surface area contributed by atoms with Crippen LogP contribution < -0.4 is 10.7 Å². The highest BCUT2D eigenvalue weighted by Gasteiger charge is 2.16. The van der Waals surface area contributed by atoms with Crippen LogP contribution in [0.25, 0.3) is 10.9 Å². The van der Waals surface area contributed by atoms with Crippen molar-refractivity contribution in [1.29, 1.82) is 0 Å². The van der Waals surface area contributed by atoms with Crippen LogP contribution in [0.2, 0.25) is 0 Å². The van der Waals surface area contributed by atoms with Crippen LogP contribution in [0.3, 0.4) is 0 Å². The highest BCUT2D eigenvalue weighted by molar-refractivity contribution is 6.01. The van der Waals surface area contributed by atoms with Gasteiger partial charge in [-0.2, -0.15) is 0 Å². The van der Waals surface area contributed by atoms with Gasteiger partial charge in [-0.25, -0.2) is 9.80 Å². The lowest BCUT2D eigenvalue weighted by Gasteiger charge is -2.32. The van der Waals surface area contributed by atoms with Gasteiger partial charge in [-0.15, -0.1) is 0 Å². The molecule has 0 aliphatic carbocycles. The Morgan fingerprint density at radius 1 is 1.10 bits per heavy atom. The average molecular weight is 287 g/mol. The van der Waals surface area contributed by atoms with Crippen LogP contribution in [-0.2, 0) is 7.05 Å². The first-order chi connectivity index (χ1) is 10.1. The lowest BCUT2D eigenvalue weighted by atomic mass is 10.2. The van der Waals surface area contributed by atoms with Gasteiger partial charge in [0, 0.05) is 50.3 Å². The lowest BCUT2D eigenvalue weighted by molar-refractivity contribution is 0.116. The number of urea groups is 1. The first-order valence-electron chi connectivity index (χ1n) is 7.18. The molecule has 1 saturated heterocycles. The molecule has 6 heteroatoms. The fourth-order valence-corrected chi connectivity index (χ4v) is 2.65. The van der Waals surface area contributed by atoms with Gasteiger partial charge in [0.15, 0.2) is 0 Å². The molecular formula is C15H21N5O. The Morgan fingerprint density at radius 3 is 2.57 bits per heavy atom. The number of hydrogen-bond acceptors (Lipinski definition) is 3. The van der Waals surface area contributed by atoms with Crippen LogP contribution in [-0.4, -0.2) is 53.7 Å². The third kappa shape index (κ3) is 3.01. The first kappa shape index (κ1) is 13.9. The number of rotatable bonds is 2. The molecule has 0 saturated carbocycles. The van der Waals surface area contributed by atoms with E-state index in [0.29, 0.717) is 0 Å². The molecule has 2 amide bonds. The summed E-state index contributed by atoms with van der Waals surface area (Å²) in [6.45, 7) is 3.63. The fourth-order valence-electron chi connectivity index (χ4n) is 2.65. The van der Waals surface area contributed by atoms with Crippen LogP contribution in [0.1, 0.15) is 0 Å². The number of amides is 2. The number of benzene rings is 1. The molecule has 2 aromatic rings. The number of fused-ring (bicyclic) bond motifs is 1. The number of likely N-dealkylation sites (N-methyl/N-ethyl adjacent to an activating group) is 1. The highest BCUT2D eigenvalue weighted by atomic mass is 16.2. The van der Waals surface area contributed by atoms with Crippen LogP contribution in [0.15, 0.2) is 30.5 Å². The van der Waals surface area contributed by atoms with Crippen molar-refractivity contribution in [2.24, 2.45) is 7.05 Å². The van der Waals surface area contributed by atoms with Crippen molar-refractivity contribution in [1.82, 2.24) is 19.9 Å². The number of hydrazine groups is 1. The molecule has 0 atom stereocenters. The molecule has 1 fully saturated rings. The summed E-state index contributed by atoms with van der Waals surface area (Å²) in [5, 5.41) is 5.95. The third-order valence-corrected chi connectivity index (χ3v) is 3.91. The van der Waals surface area contributed by atoms with E-state index in [0.717, 1.165) is 42.8 Å². The van der Waals surface area contributed by atoms with E-state index in [1.807, 2.05) is 47.1 Å². The summed E-state index contributed by atoms with van der Waals surface area (Å²) in [5.41, 5.74) is 4.85. The van der Waals surface area contributed by atoms with Crippen molar-refractivity contribution >= 4 is 22.6 Å². The van der Waals surface area contributed by atoms with Crippen LogP contribution in [0.4, 0.5) is 10.5 Å². The number of piperazine rings is 1. The Kier molecular flexibility index (Phi) is 3.81. The van der Waals surface area contributed by atoms with Gasteiger partial charge in [-0.3, -0.25) is 5.43 Å². The Bertz CT molecular complexity index is 643. The van der Waals surface area contributed by atoms with E-state index in [4.69, 9.17) is 0 Å². The van der Waals surface area contributed by atoms with Crippen molar-refractivity contribution in [2.45, 2.75) is 0 Å². The zero-order valence-corrected chi connectivity index (χ0v) is 12.5. The average Bonchev–Trinajstić information content (AvgIpc) is 2.78. The molecule has 2 heterocycles. The Hall–Kier alpha value is -2.05. The minimum absolute atomic E-state index is 0.184. The number of anilines is 1. The Morgan fingerprint density at radius 2 is 1.81 bits per heavy atom. The predicted octanol–water partition coefficient (Wildman–Crippen LogP) is 1.46. The molecule has 0 bridgehead atoms. The van der Waals surface area contributed by atoms with Crippen LogP contribution >= 0.6 is 0 Å². The van der Waals surface area contributed by atoms with Crippen LogP contribution in [0, 0.1) is 0 Å². The molecule has 1 aliphatic rings.